The molecule has 3 aromatic rings. The summed E-state index contributed by atoms with van der Waals surface area (Å²) in [6, 6.07) is 0.121. The molecule has 1 fully saturated rings. The van der Waals surface area contributed by atoms with Crippen LogP contribution in [0.5, 0.6) is 0 Å². The minimum absolute atomic E-state index is 0.0123. The molecule has 2 atom stereocenters. The first kappa shape index (κ1) is 20.5. The highest BCUT2D eigenvalue weighted by Gasteiger charge is 2.33. The summed E-state index contributed by atoms with van der Waals surface area (Å²) in [7, 11) is 0. The third-order valence-electron chi connectivity index (χ3n) is 5.40. The van der Waals surface area contributed by atoms with Gasteiger partial charge in [0.15, 0.2) is 17.2 Å². The summed E-state index contributed by atoms with van der Waals surface area (Å²) in [5.41, 5.74) is 0.0589. The zero-order valence-corrected chi connectivity index (χ0v) is 16.9. The number of halogens is 4. The first-order valence-corrected chi connectivity index (χ1v) is 9.93. The summed E-state index contributed by atoms with van der Waals surface area (Å²) in [5.74, 6) is -0.471. The Kier molecular flexibility index (Phi) is 4.88. The fourth-order valence-electron chi connectivity index (χ4n) is 3.94. The van der Waals surface area contributed by atoms with Gasteiger partial charge in [-0.15, -0.1) is 0 Å². The van der Waals surface area contributed by atoms with Gasteiger partial charge >= 0.3 is 6.18 Å². The number of anilines is 1. The molecule has 1 N–H and O–H groups in total. The van der Waals surface area contributed by atoms with Crippen LogP contribution in [0.2, 0.25) is 0 Å². The van der Waals surface area contributed by atoms with E-state index >= 15 is 0 Å². The second-order valence-corrected chi connectivity index (χ2v) is 7.73. The lowest BCUT2D eigenvalue weighted by molar-refractivity contribution is -0.141. The Balaban J connectivity index is 1.52. The van der Waals surface area contributed by atoms with Gasteiger partial charge in [0.2, 0.25) is 5.95 Å². The molecular weight excluding hydrogens is 428 g/mol. The molecule has 0 aromatic carbocycles. The minimum atomic E-state index is -4.64. The highest BCUT2D eigenvalue weighted by molar-refractivity contribution is 5.82. The molecule has 166 valence electrons. The Morgan fingerprint density at radius 2 is 1.94 bits per heavy atom. The zero-order valence-electron chi connectivity index (χ0n) is 16.9. The zero-order chi connectivity index (χ0) is 22.5. The van der Waals surface area contributed by atoms with Gasteiger partial charge in [0.25, 0.3) is 0 Å². The van der Waals surface area contributed by atoms with Crippen LogP contribution in [0, 0.1) is 5.82 Å². The Morgan fingerprint density at radius 3 is 2.69 bits per heavy atom. The van der Waals surface area contributed by atoms with E-state index in [9.17, 15) is 17.6 Å². The number of nitrogens with zero attached hydrogens (tertiary/aromatic N) is 7. The molecule has 2 aliphatic rings. The molecular formula is C20H18F4N8. The second kappa shape index (κ2) is 7.62. The molecule has 1 saturated heterocycles. The number of aromatic nitrogens is 5. The lowest BCUT2D eigenvalue weighted by Crippen LogP contribution is -2.56. The van der Waals surface area contributed by atoms with Gasteiger partial charge in [0.05, 0.1) is 36.9 Å². The molecule has 12 heteroatoms. The van der Waals surface area contributed by atoms with Gasteiger partial charge in [-0.05, 0) is 12.5 Å². The third-order valence-corrected chi connectivity index (χ3v) is 5.40. The van der Waals surface area contributed by atoms with E-state index in [1.807, 2.05) is 24.1 Å². The van der Waals surface area contributed by atoms with Crippen molar-refractivity contribution in [3.05, 3.63) is 47.9 Å². The topological polar surface area (TPSA) is 83.6 Å². The summed E-state index contributed by atoms with van der Waals surface area (Å²) in [5, 5.41) is 3.50. The molecule has 0 amide bonds. The Labute approximate surface area is 179 Å². The first-order valence-electron chi connectivity index (χ1n) is 9.93. The van der Waals surface area contributed by atoms with Crippen molar-refractivity contribution in [3.8, 4) is 11.4 Å². The van der Waals surface area contributed by atoms with Gasteiger partial charge in [-0.3, -0.25) is 9.39 Å². The number of alkyl halides is 3. The molecule has 2 aliphatic heterocycles. The molecule has 2 unspecified atom stereocenters. The predicted molar refractivity (Wildman–Crippen MR) is 109 cm³/mol. The number of aliphatic imine (C=N–C) groups is 1. The maximum atomic E-state index is 14.7. The Hall–Kier alpha value is -3.41. The molecule has 0 spiro atoms. The van der Waals surface area contributed by atoms with Crippen LogP contribution in [0.3, 0.4) is 0 Å². The van der Waals surface area contributed by atoms with Gasteiger partial charge < -0.3 is 10.2 Å². The van der Waals surface area contributed by atoms with E-state index in [0.29, 0.717) is 19.6 Å². The number of hydrogen-bond acceptors (Lipinski definition) is 7. The van der Waals surface area contributed by atoms with Gasteiger partial charge in [0, 0.05) is 31.5 Å². The average Bonchev–Trinajstić information content (AvgIpc) is 3.43. The van der Waals surface area contributed by atoms with Gasteiger partial charge in [-0.1, -0.05) is 6.08 Å². The number of imidazole rings is 1. The summed E-state index contributed by atoms with van der Waals surface area (Å²) in [6.07, 6.45) is 3.30. The van der Waals surface area contributed by atoms with Crippen LogP contribution in [0.15, 0.2) is 41.4 Å². The molecule has 32 heavy (non-hydrogen) atoms. The predicted octanol–water partition coefficient (Wildman–Crippen LogP) is 2.52. The number of rotatable bonds is 3. The fraction of sp³-hybridized carbons (Fsp3) is 0.350. The first-order chi connectivity index (χ1) is 15.3. The van der Waals surface area contributed by atoms with E-state index < -0.39 is 17.7 Å². The Morgan fingerprint density at radius 1 is 1.09 bits per heavy atom. The maximum Gasteiger partial charge on any atom is 0.434 e. The summed E-state index contributed by atoms with van der Waals surface area (Å²) >= 11 is 0. The molecule has 3 aromatic heterocycles. The highest BCUT2D eigenvalue weighted by Crippen LogP contribution is 2.30. The lowest BCUT2D eigenvalue weighted by atomic mass is 10.0. The SMILES string of the molecule is CC1CN(c2ncc(F)c(-c3cnc4cnc(C(F)(F)F)cn34)n2)CC(C2=CCN=C2)N1. The molecule has 0 aliphatic carbocycles. The minimum Gasteiger partial charge on any atom is -0.337 e. The standard InChI is InChI=1S/C20H18F4N8/c1-11-8-31(9-14(29-11)12-2-3-25-4-12)19-28-5-13(21)18(30-19)15-6-27-17-7-26-16(10-32(15)17)20(22,23)24/h2,4-7,10-11,14,29H,3,8-9H2,1H3. The van der Waals surface area contributed by atoms with Crippen LogP contribution < -0.4 is 10.2 Å². The van der Waals surface area contributed by atoms with Crippen molar-refractivity contribution in [2.24, 2.45) is 4.99 Å². The van der Waals surface area contributed by atoms with Crippen LogP contribution in [-0.4, -0.2) is 62.3 Å². The largest absolute Gasteiger partial charge is 0.434 e. The van der Waals surface area contributed by atoms with Crippen molar-refractivity contribution < 1.29 is 17.6 Å². The van der Waals surface area contributed by atoms with Gasteiger partial charge in [-0.2, -0.15) is 13.2 Å². The van der Waals surface area contributed by atoms with Crippen LogP contribution in [0.4, 0.5) is 23.5 Å². The molecule has 0 saturated carbocycles. The van der Waals surface area contributed by atoms with Gasteiger partial charge in [0.1, 0.15) is 5.69 Å². The molecule has 0 radical (unpaired) electrons. The van der Waals surface area contributed by atoms with Crippen molar-refractivity contribution >= 4 is 17.8 Å². The highest BCUT2D eigenvalue weighted by atomic mass is 19.4. The van der Waals surface area contributed by atoms with Crippen molar-refractivity contribution in [1.29, 1.82) is 0 Å². The van der Waals surface area contributed by atoms with Crippen LogP contribution in [0.1, 0.15) is 12.6 Å². The van der Waals surface area contributed by atoms with Gasteiger partial charge in [-0.25, -0.2) is 24.3 Å². The molecule has 5 heterocycles. The van der Waals surface area contributed by atoms with Crippen molar-refractivity contribution in [1.82, 2.24) is 29.7 Å². The van der Waals surface area contributed by atoms with E-state index in [0.717, 1.165) is 28.6 Å². The van der Waals surface area contributed by atoms with E-state index in [1.54, 1.807) is 0 Å². The fourth-order valence-corrected chi connectivity index (χ4v) is 3.94. The number of nitrogens with one attached hydrogen (secondary N) is 1. The summed E-state index contributed by atoms with van der Waals surface area (Å²) in [6.45, 7) is 3.79. The summed E-state index contributed by atoms with van der Waals surface area (Å²) in [4.78, 5) is 22.1. The monoisotopic (exact) mass is 446 g/mol. The number of fused-ring (bicyclic) bond motifs is 1. The van der Waals surface area contributed by atoms with Crippen molar-refractivity contribution in [2.75, 3.05) is 24.5 Å². The van der Waals surface area contributed by atoms with Crippen LogP contribution >= 0.6 is 0 Å². The van der Waals surface area contributed by atoms with Crippen molar-refractivity contribution in [2.45, 2.75) is 25.2 Å². The molecule has 0 bridgehead atoms. The number of hydrogen-bond donors (Lipinski definition) is 1. The number of piperazine rings is 1. The third kappa shape index (κ3) is 3.70. The quantitative estimate of drug-likeness (QED) is 0.623. The van der Waals surface area contributed by atoms with E-state index in [1.165, 1.54) is 6.20 Å². The van der Waals surface area contributed by atoms with E-state index in [-0.39, 0.29) is 35.1 Å². The van der Waals surface area contributed by atoms with Crippen molar-refractivity contribution in [3.63, 3.8) is 0 Å². The molecule has 5 rings (SSSR count). The smallest absolute Gasteiger partial charge is 0.337 e. The normalized spacial score (nSPS) is 21.4. The average molecular weight is 446 g/mol. The van der Waals surface area contributed by atoms with E-state index in [4.69, 9.17) is 0 Å². The second-order valence-electron chi connectivity index (χ2n) is 7.73. The van der Waals surface area contributed by atoms with Crippen LogP contribution in [0.25, 0.3) is 17.0 Å². The summed E-state index contributed by atoms with van der Waals surface area (Å²) < 4.78 is 55.2. The molecule has 8 nitrogen and oxygen atoms in total. The van der Waals surface area contributed by atoms with Crippen LogP contribution in [-0.2, 0) is 6.18 Å². The Bertz CT molecular complexity index is 1230. The maximum absolute atomic E-state index is 14.7. The lowest BCUT2D eigenvalue weighted by Gasteiger charge is -2.38. The van der Waals surface area contributed by atoms with E-state index in [2.05, 4.69) is 30.2 Å².